The number of nitrogen functional groups attached to an aromatic ring is 1. The van der Waals surface area contributed by atoms with Crippen molar-refractivity contribution in [3.8, 4) is 0 Å². The molecule has 0 unspecified atom stereocenters. The topological polar surface area (TPSA) is 82.2 Å². The van der Waals surface area contributed by atoms with Gasteiger partial charge in [-0.15, -0.1) is 0 Å². The van der Waals surface area contributed by atoms with E-state index in [4.69, 9.17) is 10.5 Å². The van der Waals surface area contributed by atoms with Gasteiger partial charge >= 0.3 is 5.97 Å². The molecule has 6 nitrogen and oxygen atoms in total. The van der Waals surface area contributed by atoms with Crippen LogP contribution in [-0.2, 0) is 18.3 Å². The van der Waals surface area contributed by atoms with Gasteiger partial charge in [0.15, 0.2) is 0 Å². The third-order valence-electron chi connectivity index (χ3n) is 3.37. The summed E-state index contributed by atoms with van der Waals surface area (Å²) in [5.41, 5.74) is 9.93. The van der Waals surface area contributed by atoms with Gasteiger partial charge in [0, 0.05) is 24.8 Å². The molecule has 0 radical (unpaired) electrons. The first kappa shape index (κ1) is 14.9. The highest BCUT2D eigenvalue weighted by Gasteiger charge is 2.09. The Labute approximate surface area is 123 Å². The fourth-order valence-electron chi connectivity index (χ4n) is 1.97. The van der Waals surface area contributed by atoms with Crippen LogP contribution in [-0.4, -0.2) is 22.4 Å². The van der Waals surface area contributed by atoms with Gasteiger partial charge in [0.25, 0.3) is 0 Å². The molecule has 3 N–H and O–H groups in total. The van der Waals surface area contributed by atoms with Gasteiger partial charge in [-0.2, -0.15) is 5.10 Å². The maximum absolute atomic E-state index is 11.6. The molecule has 21 heavy (non-hydrogen) atoms. The van der Waals surface area contributed by atoms with Crippen LogP contribution in [0.3, 0.4) is 0 Å². The Bertz CT molecular complexity index is 649. The van der Waals surface area contributed by atoms with Crippen LogP contribution in [0.1, 0.15) is 28.5 Å². The average molecular weight is 288 g/mol. The third-order valence-corrected chi connectivity index (χ3v) is 3.37. The molecule has 0 aliphatic heterocycles. The molecule has 1 heterocycles. The smallest absolute Gasteiger partial charge is 0.338 e. The molecule has 112 valence electrons. The zero-order chi connectivity index (χ0) is 15.4. The standard InChI is InChI=1S/C15H20N4O2/c1-4-21-15(20)11-5-6-14(13(16)7-11)17-8-12-9-18-19(3)10(12)2/h5-7,9,17H,4,8,16H2,1-3H3. The minimum atomic E-state index is -0.362. The number of anilines is 2. The number of aromatic nitrogens is 2. The first-order chi connectivity index (χ1) is 10.0. The highest BCUT2D eigenvalue weighted by atomic mass is 16.5. The minimum absolute atomic E-state index is 0.346. The number of ether oxygens (including phenoxy) is 1. The molecule has 0 fully saturated rings. The van der Waals surface area contributed by atoms with Gasteiger partial charge in [-0.05, 0) is 32.0 Å². The number of hydrogen-bond donors (Lipinski definition) is 2. The van der Waals surface area contributed by atoms with E-state index in [1.54, 1.807) is 25.1 Å². The summed E-state index contributed by atoms with van der Waals surface area (Å²) in [6.07, 6.45) is 1.82. The highest BCUT2D eigenvalue weighted by molar-refractivity contribution is 5.91. The lowest BCUT2D eigenvalue weighted by Gasteiger charge is -2.10. The summed E-state index contributed by atoms with van der Waals surface area (Å²) in [6, 6.07) is 5.11. The van der Waals surface area contributed by atoms with Crippen molar-refractivity contribution in [1.29, 1.82) is 0 Å². The van der Waals surface area contributed by atoms with Crippen molar-refractivity contribution in [3.63, 3.8) is 0 Å². The van der Waals surface area contributed by atoms with Crippen molar-refractivity contribution in [2.45, 2.75) is 20.4 Å². The predicted molar refractivity (Wildman–Crippen MR) is 82.1 cm³/mol. The molecule has 0 aliphatic rings. The fraction of sp³-hybridized carbons (Fsp3) is 0.333. The molecule has 2 rings (SSSR count). The van der Waals surface area contributed by atoms with E-state index in [-0.39, 0.29) is 5.97 Å². The van der Waals surface area contributed by atoms with Crippen molar-refractivity contribution in [3.05, 3.63) is 41.2 Å². The number of carbonyl (C=O) groups is 1. The normalized spacial score (nSPS) is 10.4. The minimum Gasteiger partial charge on any atom is -0.462 e. The van der Waals surface area contributed by atoms with Gasteiger partial charge in [-0.3, -0.25) is 4.68 Å². The lowest BCUT2D eigenvalue weighted by Crippen LogP contribution is -2.07. The van der Waals surface area contributed by atoms with Gasteiger partial charge in [0.05, 0.1) is 29.7 Å². The molecule has 0 spiro atoms. The summed E-state index contributed by atoms with van der Waals surface area (Å²) in [6.45, 7) is 4.76. The van der Waals surface area contributed by atoms with Gasteiger partial charge in [0.2, 0.25) is 0 Å². The van der Waals surface area contributed by atoms with Crippen molar-refractivity contribution in [1.82, 2.24) is 9.78 Å². The first-order valence-electron chi connectivity index (χ1n) is 6.81. The summed E-state index contributed by atoms with van der Waals surface area (Å²) in [4.78, 5) is 11.6. The zero-order valence-corrected chi connectivity index (χ0v) is 12.5. The maximum atomic E-state index is 11.6. The Morgan fingerprint density at radius 3 is 2.81 bits per heavy atom. The van der Waals surface area contributed by atoms with Crippen molar-refractivity contribution >= 4 is 17.3 Å². The molecule has 0 amide bonds. The molecule has 0 atom stereocenters. The van der Waals surface area contributed by atoms with Gasteiger partial charge < -0.3 is 15.8 Å². The van der Waals surface area contributed by atoms with E-state index in [2.05, 4.69) is 10.4 Å². The SMILES string of the molecule is CCOC(=O)c1ccc(NCc2cnn(C)c2C)c(N)c1. The number of hydrogen-bond acceptors (Lipinski definition) is 5. The van der Waals surface area contributed by atoms with E-state index in [1.165, 1.54) is 0 Å². The monoisotopic (exact) mass is 288 g/mol. The molecule has 1 aromatic heterocycles. The van der Waals surface area contributed by atoms with Crippen LogP contribution in [0.2, 0.25) is 0 Å². The quantitative estimate of drug-likeness (QED) is 0.650. The third kappa shape index (κ3) is 3.34. The van der Waals surface area contributed by atoms with Crippen LogP contribution in [0.15, 0.2) is 24.4 Å². The first-order valence-corrected chi connectivity index (χ1v) is 6.81. The summed E-state index contributed by atoms with van der Waals surface area (Å²) < 4.78 is 6.77. The average Bonchev–Trinajstić information content (AvgIpc) is 2.78. The van der Waals surface area contributed by atoms with E-state index in [0.717, 1.165) is 16.9 Å². The van der Waals surface area contributed by atoms with E-state index < -0.39 is 0 Å². The number of rotatable bonds is 5. The molecule has 0 bridgehead atoms. The van der Waals surface area contributed by atoms with Crippen LogP contribution < -0.4 is 11.1 Å². The molecule has 0 saturated carbocycles. The van der Waals surface area contributed by atoms with E-state index in [0.29, 0.717) is 24.4 Å². The second kappa shape index (κ2) is 6.30. The van der Waals surface area contributed by atoms with Crippen LogP contribution in [0, 0.1) is 6.92 Å². The number of aryl methyl sites for hydroxylation is 1. The molecule has 0 saturated heterocycles. The molecule has 2 aromatic rings. The van der Waals surface area contributed by atoms with E-state index in [9.17, 15) is 4.79 Å². The summed E-state index contributed by atoms with van der Waals surface area (Å²) in [5.74, 6) is -0.362. The number of benzene rings is 1. The Balaban J connectivity index is 2.07. The molecular weight excluding hydrogens is 268 g/mol. The fourth-order valence-corrected chi connectivity index (χ4v) is 1.97. The Morgan fingerprint density at radius 2 is 2.24 bits per heavy atom. The Kier molecular flexibility index (Phi) is 4.47. The van der Waals surface area contributed by atoms with Crippen LogP contribution in [0.5, 0.6) is 0 Å². The number of nitrogens with two attached hydrogens (primary N) is 1. The molecule has 0 aliphatic carbocycles. The van der Waals surface area contributed by atoms with Crippen molar-refractivity contribution in [2.75, 3.05) is 17.7 Å². The molecule has 6 heteroatoms. The second-order valence-corrected chi connectivity index (χ2v) is 4.75. The van der Waals surface area contributed by atoms with Gasteiger partial charge in [-0.1, -0.05) is 0 Å². The molecule has 1 aromatic carbocycles. The van der Waals surface area contributed by atoms with Crippen molar-refractivity contribution in [2.24, 2.45) is 7.05 Å². The van der Waals surface area contributed by atoms with E-state index >= 15 is 0 Å². The highest BCUT2D eigenvalue weighted by Crippen LogP contribution is 2.21. The number of carbonyl (C=O) groups excluding carboxylic acids is 1. The van der Waals surface area contributed by atoms with Crippen molar-refractivity contribution < 1.29 is 9.53 Å². The number of nitrogens with one attached hydrogen (secondary N) is 1. The summed E-state index contributed by atoms with van der Waals surface area (Å²) in [7, 11) is 1.90. The van der Waals surface area contributed by atoms with Gasteiger partial charge in [-0.25, -0.2) is 4.79 Å². The lowest BCUT2D eigenvalue weighted by atomic mass is 10.1. The van der Waals surface area contributed by atoms with Gasteiger partial charge in [0.1, 0.15) is 0 Å². The molecular formula is C15H20N4O2. The van der Waals surface area contributed by atoms with Crippen LogP contribution >= 0.6 is 0 Å². The Morgan fingerprint density at radius 1 is 1.48 bits per heavy atom. The summed E-state index contributed by atoms with van der Waals surface area (Å²) >= 11 is 0. The number of esters is 1. The zero-order valence-electron chi connectivity index (χ0n) is 12.5. The maximum Gasteiger partial charge on any atom is 0.338 e. The summed E-state index contributed by atoms with van der Waals surface area (Å²) in [5, 5.41) is 7.44. The Hall–Kier alpha value is -2.50. The van der Waals surface area contributed by atoms with Crippen LogP contribution in [0.25, 0.3) is 0 Å². The second-order valence-electron chi connectivity index (χ2n) is 4.75. The predicted octanol–water partition coefficient (Wildman–Crippen LogP) is 2.10. The lowest BCUT2D eigenvalue weighted by molar-refractivity contribution is 0.0526. The number of nitrogens with zero attached hydrogens (tertiary/aromatic N) is 2. The largest absolute Gasteiger partial charge is 0.462 e. The van der Waals surface area contributed by atoms with E-state index in [1.807, 2.05) is 24.9 Å². The van der Waals surface area contributed by atoms with Crippen LogP contribution in [0.4, 0.5) is 11.4 Å².